The predicted octanol–water partition coefficient (Wildman–Crippen LogP) is 2.97. The highest BCUT2D eigenvalue weighted by Gasteiger charge is 2.19. The van der Waals surface area contributed by atoms with Gasteiger partial charge in [0.15, 0.2) is 0 Å². The Morgan fingerprint density at radius 2 is 2.00 bits per heavy atom. The van der Waals surface area contributed by atoms with E-state index in [2.05, 4.69) is 0 Å². The average molecular weight is 229 g/mol. The zero-order chi connectivity index (χ0) is 11.1. The fourth-order valence-corrected chi connectivity index (χ4v) is 1.39. The first-order valence-electron chi connectivity index (χ1n) is 4.77. The summed E-state index contributed by atoms with van der Waals surface area (Å²) in [7, 11) is 0. The summed E-state index contributed by atoms with van der Waals surface area (Å²) in [6.45, 7) is -0.250. The van der Waals surface area contributed by atoms with Crippen molar-refractivity contribution < 1.29 is 14.6 Å². The van der Waals surface area contributed by atoms with Crippen LogP contribution < -0.4 is 4.74 Å². The molecule has 0 aliphatic heterocycles. The third kappa shape index (κ3) is 3.80. The fourth-order valence-electron chi connectivity index (χ4n) is 1.21. The van der Waals surface area contributed by atoms with E-state index in [0.29, 0.717) is 11.1 Å². The molecular formula is C11H13ClO3. The highest BCUT2D eigenvalue weighted by atomic mass is 35.5. The summed E-state index contributed by atoms with van der Waals surface area (Å²) in [6, 6.07) is 7.63. The van der Waals surface area contributed by atoms with Crippen molar-refractivity contribution in [2.75, 3.05) is 0 Å². The maximum atomic E-state index is 8.36. The highest BCUT2D eigenvalue weighted by molar-refractivity contribution is 6.32. The minimum atomic E-state index is -0.250. The molecule has 1 fully saturated rings. The van der Waals surface area contributed by atoms with Gasteiger partial charge >= 0.3 is 0 Å². The quantitative estimate of drug-likeness (QED) is 0.792. The average Bonchev–Trinajstić information content (AvgIpc) is 2.15. The molecule has 0 spiro atoms. The van der Waals surface area contributed by atoms with Gasteiger partial charge in [-0.1, -0.05) is 23.7 Å². The van der Waals surface area contributed by atoms with Crippen molar-refractivity contribution in [3.05, 3.63) is 29.3 Å². The molecule has 3 nitrogen and oxygen atoms in total. The Hall–Kier alpha value is -1.22. The van der Waals surface area contributed by atoms with Crippen LogP contribution in [0.4, 0.5) is 0 Å². The molecule has 1 saturated carbocycles. The molecule has 1 N–H and O–H groups in total. The van der Waals surface area contributed by atoms with Crippen LogP contribution in [0.5, 0.6) is 5.75 Å². The van der Waals surface area contributed by atoms with E-state index >= 15 is 0 Å². The van der Waals surface area contributed by atoms with Gasteiger partial charge in [-0.15, -0.1) is 0 Å². The lowest BCUT2D eigenvalue weighted by atomic mass is 9.96. The lowest BCUT2D eigenvalue weighted by Crippen LogP contribution is -2.24. The first-order chi connectivity index (χ1) is 7.27. The van der Waals surface area contributed by atoms with Crippen molar-refractivity contribution in [1.82, 2.24) is 0 Å². The summed E-state index contributed by atoms with van der Waals surface area (Å²) in [4.78, 5) is 8.36. The largest absolute Gasteiger partial charge is 0.489 e. The van der Waals surface area contributed by atoms with E-state index in [1.54, 1.807) is 0 Å². The first-order valence-corrected chi connectivity index (χ1v) is 5.14. The zero-order valence-electron chi connectivity index (χ0n) is 8.23. The molecular weight excluding hydrogens is 216 g/mol. The Kier molecular flexibility index (Phi) is 4.98. The lowest BCUT2D eigenvalue weighted by Gasteiger charge is -2.26. The SMILES string of the molecule is Clc1ccccc1OC1CCC1.O=CO. The minimum absolute atomic E-state index is 0.250. The monoisotopic (exact) mass is 228 g/mol. The number of halogens is 1. The van der Waals surface area contributed by atoms with E-state index in [-0.39, 0.29) is 6.47 Å². The van der Waals surface area contributed by atoms with Crippen LogP contribution in [0.2, 0.25) is 5.02 Å². The number of carboxylic acid groups (broad SMARTS) is 1. The van der Waals surface area contributed by atoms with Crippen molar-refractivity contribution in [2.45, 2.75) is 25.4 Å². The summed E-state index contributed by atoms with van der Waals surface area (Å²) < 4.78 is 5.65. The van der Waals surface area contributed by atoms with Crippen LogP contribution in [0.15, 0.2) is 24.3 Å². The van der Waals surface area contributed by atoms with Crippen molar-refractivity contribution >= 4 is 18.1 Å². The van der Waals surface area contributed by atoms with Crippen molar-refractivity contribution in [3.63, 3.8) is 0 Å². The molecule has 82 valence electrons. The molecule has 0 radical (unpaired) electrons. The van der Waals surface area contributed by atoms with Crippen molar-refractivity contribution in [2.24, 2.45) is 0 Å². The second-order valence-corrected chi connectivity index (χ2v) is 3.61. The van der Waals surface area contributed by atoms with Crippen LogP contribution >= 0.6 is 11.6 Å². The predicted molar refractivity (Wildman–Crippen MR) is 58.4 cm³/mol. The Morgan fingerprint density at radius 1 is 1.40 bits per heavy atom. The van der Waals surface area contributed by atoms with Crippen LogP contribution in [0.1, 0.15) is 19.3 Å². The summed E-state index contributed by atoms with van der Waals surface area (Å²) in [5.41, 5.74) is 0. The number of carbonyl (C=O) groups is 1. The number of para-hydroxylation sites is 1. The summed E-state index contributed by atoms with van der Waals surface area (Å²) in [6.07, 6.45) is 4.04. The van der Waals surface area contributed by atoms with E-state index in [1.807, 2.05) is 24.3 Å². The summed E-state index contributed by atoms with van der Waals surface area (Å²) in [5, 5.41) is 7.60. The minimum Gasteiger partial charge on any atom is -0.489 e. The van der Waals surface area contributed by atoms with Crippen LogP contribution in [-0.2, 0) is 4.79 Å². The second kappa shape index (κ2) is 6.30. The molecule has 0 bridgehead atoms. The maximum absolute atomic E-state index is 8.36. The molecule has 0 aromatic heterocycles. The Bertz CT molecular complexity index is 310. The van der Waals surface area contributed by atoms with Crippen molar-refractivity contribution in [3.8, 4) is 5.75 Å². The van der Waals surface area contributed by atoms with Gasteiger partial charge in [0.05, 0.1) is 11.1 Å². The molecule has 0 amide bonds. The van der Waals surface area contributed by atoms with Gasteiger partial charge in [0.25, 0.3) is 6.47 Å². The molecule has 1 aliphatic rings. The van der Waals surface area contributed by atoms with E-state index in [9.17, 15) is 0 Å². The molecule has 1 aromatic rings. The molecule has 15 heavy (non-hydrogen) atoms. The van der Waals surface area contributed by atoms with Gasteiger partial charge in [-0.2, -0.15) is 0 Å². The molecule has 1 aliphatic carbocycles. The summed E-state index contributed by atoms with van der Waals surface area (Å²) >= 11 is 5.92. The molecule has 1 aromatic carbocycles. The van der Waals surface area contributed by atoms with Crippen LogP contribution in [0.25, 0.3) is 0 Å². The second-order valence-electron chi connectivity index (χ2n) is 3.21. The zero-order valence-corrected chi connectivity index (χ0v) is 8.98. The van der Waals surface area contributed by atoms with Crippen molar-refractivity contribution in [1.29, 1.82) is 0 Å². The smallest absolute Gasteiger partial charge is 0.290 e. The van der Waals surface area contributed by atoms with E-state index in [0.717, 1.165) is 5.75 Å². The number of hydrogen-bond donors (Lipinski definition) is 1. The number of ether oxygens (including phenoxy) is 1. The van der Waals surface area contributed by atoms with Crippen LogP contribution in [0.3, 0.4) is 0 Å². The molecule has 0 atom stereocenters. The highest BCUT2D eigenvalue weighted by Crippen LogP contribution is 2.29. The van der Waals surface area contributed by atoms with E-state index < -0.39 is 0 Å². The molecule has 0 unspecified atom stereocenters. The van der Waals surface area contributed by atoms with Gasteiger partial charge in [-0.25, -0.2) is 0 Å². The summed E-state index contributed by atoms with van der Waals surface area (Å²) in [5.74, 6) is 0.823. The number of benzene rings is 1. The van der Waals surface area contributed by atoms with E-state index in [4.69, 9.17) is 26.2 Å². The Balaban J connectivity index is 0.000000337. The topological polar surface area (TPSA) is 46.5 Å². The third-order valence-electron chi connectivity index (χ3n) is 2.18. The van der Waals surface area contributed by atoms with Crippen LogP contribution in [0, 0.1) is 0 Å². The fraction of sp³-hybridized carbons (Fsp3) is 0.364. The Labute approximate surface area is 93.6 Å². The van der Waals surface area contributed by atoms with Gasteiger partial charge in [-0.05, 0) is 31.4 Å². The normalized spacial score (nSPS) is 14.5. The van der Waals surface area contributed by atoms with E-state index in [1.165, 1.54) is 19.3 Å². The Morgan fingerprint density at radius 3 is 2.47 bits per heavy atom. The van der Waals surface area contributed by atoms with Gasteiger partial charge < -0.3 is 9.84 Å². The molecule has 0 saturated heterocycles. The van der Waals surface area contributed by atoms with Crippen LogP contribution in [-0.4, -0.2) is 17.7 Å². The third-order valence-corrected chi connectivity index (χ3v) is 2.49. The molecule has 0 heterocycles. The van der Waals surface area contributed by atoms with Gasteiger partial charge in [0.2, 0.25) is 0 Å². The maximum Gasteiger partial charge on any atom is 0.290 e. The number of rotatable bonds is 2. The van der Waals surface area contributed by atoms with Gasteiger partial charge in [-0.3, -0.25) is 4.79 Å². The first kappa shape index (κ1) is 11.9. The van der Waals surface area contributed by atoms with Gasteiger partial charge in [0.1, 0.15) is 5.75 Å². The van der Waals surface area contributed by atoms with Gasteiger partial charge in [0, 0.05) is 0 Å². The molecule has 2 rings (SSSR count). The standard InChI is InChI=1S/C10H11ClO.CH2O2/c11-9-6-1-2-7-10(9)12-8-4-3-5-8;2-1-3/h1-2,6-8H,3-5H2;1H,(H,2,3). The lowest BCUT2D eigenvalue weighted by molar-refractivity contribution is -0.122. The number of hydrogen-bond acceptors (Lipinski definition) is 2. The molecule has 4 heteroatoms.